The predicted molar refractivity (Wildman–Crippen MR) is 126 cm³/mol. The summed E-state index contributed by atoms with van der Waals surface area (Å²) in [5.41, 5.74) is -0.749. The van der Waals surface area contributed by atoms with E-state index in [1.54, 1.807) is 6.07 Å². The number of methoxy groups -OCH3 is 1. The molecule has 12 heteroatoms. The Balaban J connectivity index is 1.66. The minimum atomic E-state index is -2.35. The van der Waals surface area contributed by atoms with E-state index in [1.807, 2.05) is 0 Å². The summed E-state index contributed by atoms with van der Waals surface area (Å²) in [5, 5.41) is 3.83. The highest BCUT2D eigenvalue weighted by molar-refractivity contribution is 9.10. The van der Waals surface area contributed by atoms with E-state index in [4.69, 9.17) is 9.47 Å². The second kappa shape index (κ2) is 10.3. The van der Waals surface area contributed by atoms with Crippen LogP contribution < -0.4 is 14.5 Å². The number of amides is 1. The summed E-state index contributed by atoms with van der Waals surface area (Å²) in [6.45, 7) is 1.35. The molecule has 0 atom stereocenters. The van der Waals surface area contributed by atoms with Gasteiger partial charge in [-0.05, 0) is 64.3 Å². The van der Waals surface area contributed by atoms with Gasteiger partial charge in [0.2, 0.25) is 5.82 Å². The first-order chi connectivity index (χ1) is 17.5. The molecule has 0 bridgehead atoms. The van der Waals surface area contributed by atoms with E-state index < -0.39 is 46.5 Å². The Hall–Kier alpha value is -3.80. The number of hydrogen-bond acceptors (Lipinski definition) is 4. The third-order valence-electron chi connectivity index (χ3n) is 5.30. The van der Waals surface area contributed by atoms with Crippen molar-refractivity contribution in [2.75, 3.05) is 12.1 Å². The van der Waals surface area contributed by atoms with Gasteiger partial charge in [-0.3, -0.25) is 4.79 Å². The fourth-order valence-corrected chi connectivity index (χ4v) is 4.10. The van der Waals surface area contributed by atoms with Crippen LogP contribution in [0.25, 0.3) is 6.08 Å². The molecule has 4 rings (SSSR count). The van der Waals surface area contributed by atoms with Crippen LogP contribution >= 0.6 is 15.9 Å². The molecule has 192 valence electrons. The molecular formula is C25H15BrF6N2O3. The van der Waals surface area contributed by atoms with Crippen LogP contribution in [0.2, 0.25) is 0 Å². The van der Waals surface area contributed by atoms with Crippen molar-refractivity contribution in [2.45, 2.75) is 13.5 Å². The predicted octanol–water partition coefficient (Wildman–Crippen LogP) is 6.68. The first kappa shape index (κ1) is 26.3. The molecule has 0 spiro atoms. The van der Waals surface area contributed by atoms with E-state index in [2.05, 4.69) is 21.0 Å². The van der Waals surface area contributed by atoms with Gasteiger partial charge in [-0.25, -0.2) is 26.3 Å². The van der Waals surface area contributed by atoms with E-state index in [0.717, 1.165) is 0 Å². The molecule has 5 nitrogen and oxygen atoms in total. The Bertz CT molecular complexity index is 1460. The van der Waals surface area contributed by atoms with Crippen LogP contribution in [0.1, 0.15) is 18.1 Å². The summed E-state index contributed by atoms with van der Waals surface area (Å²) in [6.07, 6.45) is 1.30. The maximum absolute atomic E-state index is 14.3. The number of hydrazone groups is 1. The molecule has 3 aromatic rings. The van der Waals surface area contributed by atoms with Crippen molar-refractivity contribution in [3.63, 3.8) is 0 Å². The monoisotopic (exact) mass is 584 g/mol. The van der Waals surface area contributed by atoms with Gasteiger partial charge in [-0.1, -0.05) is 12.1 Å². The van der Waals surface area contributed by atoms with Crippen LogP contribution in [-0.4, -0.2) is 18.7 Å². The van der Waals surface area contributed by atoms with Gasteiger partial charge in [0.15, 0.2) is 34.8 Å². The largest absolute Gasteiger partial charge is 0.493 e. The second-order valence-corrected chi connectivity index (χ2v) is 8.59. The fourth-order valence-electron chi connectivity index (χ4n) is 3.53. The lowest BCUT2D eigenvalue weighted by atomic mass is 10.1. The van der Waals surface area contributed by atoms with Gasteiger partial charge >= 0.3 is 0 Å². The lowest BCUT2D eigenvalue weighted by molar-refractivity contribution is -0.114. The van der Waals surface area contributed by atoms with Crippen molar-refractivity contribution in [1.82, 2.24) is 0 Å². The molecule has 1 aliphatic rings. The van der Waals surface area contributed by atoms with Crippen molar-refractivity contribution < 1.29 is 40.6 Å². The first-order valence-corrected chi connectivity index (χ1v) is 11.2. The normalized spacial score (nSPS) is 14.4. The van der Waals surface area contributed by atoms with Gasteiger partial charge < -0.3 is 9.47 Å². The molecule has 1 aliphatic heterocycles. The van der Waals surface area contributed by atoms with Crippen molar-refractivity contribution in [3.05, 3.63) is 92.5 Å². The van der Waals surface area contributed by atoms with Crippen molar-refractivity contribution in [3.8, 4) is 11.5 Å². The van der Waals surface area contributed by atoms with Crippen LogP contribution in [0.15, 0.2) is 51.5 Å². The second-order valence-electron chi connectivity index (χ2n) is 7.73. The smallest absolute Gasteiger partial charge is 0.280 e. The standard InChI is InChI=1S/C25H15BrF6N2O3/c1-11-15(25(35)34(33-11)23-21(31)19(29)18(28)20(30)22(23)32)7-13-8-16(26)24(17(9-13)36-2)37-10-12-4-3-5-14(27)6-12/h3-9H,10H2,1-2H3/b15-7+. The lowest BCUT2D eigenvalue weighted by Crippen LogP contribution is -2.25. The van der Waals surface area contributed by atoms with E-state index in [9.17, 15) is 31.1 Å². The highest BCUT2D eigenvalue weighted by Gasteiger charge is 2.37. The molecule has 1 amide bonds. The topological polar surface area (TPSA) is 51.1 Å². The maximum Gasteiger partial charge on any atom is 0.280 e. The summed E-state index contributed by atoms with van der Waals surface area (Å²) in [6, 6.07) is 8.84. The van der Waals surface area contributed by atoms with Crippen molar-refractivity contribution in [1.29, 1.82) is 0 Å². The third kappa shape index (κ3) is 4.93. The Morgan fingerprint density at radius 3 is 2.24 bits per heavy atom. The Morgan fingerprint density at radius 1 is 0.973 bits per heavy atom. The number of carbonyl (C=O) groups is 1. The van der Waals surface area contributed by atoms with Gasteiger partial charge in [0, 0.05) is 0 Å². The van der Waals surface area contributed by atoms with Gasteiger partial charge in [0.1, 0.15) is 18.1 Å². The molecule has 0 aliphatic carbocycles. The molecule has 0 fully saturated rings. The minimum absolute atomic E-state index is 0.0221. The number of halogens is 7. The van der Waals surface area contributed by atoms with Crippen LogP contribution in [0.4, 0.5) is 32.0 Å². The molecule has 0 radical (unpaired) electrons. The molecule has 0 saturated heterocycles. The van der Waals surface area contributed by atoms with E-state index in [0.29, 0.717) is 15.6 Å². The number of nitrogens with zero attached hydrogens (tertiary/aromatic N) is 2. The summed E-state index contributed by atoms with van der Waals surface area (Å²) in [5.74, 6) is -12.1. The van der Waals surface area contributed by atoms with Gasteiger partial charge in [0.25, 0.3) is 5.91 Å². The highest BCUT2D eigenvalue weighted by Crippen LogP contribution is 2.39. The van der Waals surface area contributed by atoms with E-state index in [1.165, 1.54) is 50.4 Å². The molecule has 3 aromatic carbocycles. The number of ether oxygens (including phenoxy) is 2. The number of carbonyl (C=O) groups excluding carboxylic acids is 1. The number of rotatable bonds is 6. The lowest BCUT2D eigenvalue weighted by Gasteiger charge is -2.15. The SMILES string of the molecule is COc1cc(/C=C2/C(=O)N(c3c(F)c(F)c(F)c(F)c3F)N=C2C)cc(Br)c1OCc1cccc(F)c1. The average Bonchev–Trinajstić information content (AvgIpc) is 3.13. The zero-order valence-electron chi connectivity index (χ0n) is 19.0. The fraction of sp³-hybridized carbons (Fsp3) is 0.120. The molecule has 37 heavy (non-hydrogen) atoms. The third-order valence-corrected chi connectivity index (χ3v) is 5.89. The zero-order chi connectivity index (χ0) is 27.0. The quantitative estimate of drug-likeness (QED) is 0.141. The molecular weight excluding hydrogens is 570 g/mol. The average molecular weight is 585 g/mol. The molecule has 0 aromatic heterocycles. The highest BCUT2D eigenvalue weighted by atomic mass is 79.9. The van der Waals surface area contributed by atoms with Crippen LogP contribution in [-0.2, 0) is 11.4 Å². The number of anilines is 1. The molecule has 1 heterocycles. The summed E-state index contributed by atoms with van der Waals surface area (Å²) in [7, 11) is 1.37. The van der Waals surface area contributed by atoms with Gasteiger partial charge in [-0.2, -0.15) is 10.1 Å². The summed E-state index contributed by atoms with van der Waals surface area (Å²) < 4.78 is 94.2. The van der Waals surface area contributed by atoms with E-state index in [-0.39, 0.29) is 34.4 Å². The van der Waals surface area contributed by atoms with Gasteiger partial charge in [-0.15, -0.1) is 0 Å². The van der Waals surface area contributed by atoms with Crippen molar-refractivity contribution in [2.24, 2.45) is 5.10 Å². The van der Waals surface area contributed by atoms with Crippen LogP contribution in [0.5, 0.6) is 11.5 Å². The van der Waals surface area contributed by atoms with Crippen LogP contribution in [0, 0.1) is 34.9 Å². The summed E-state index contributed by atoms with van der Waals surface area (Å²) in [4.78, 5) is 12.9. The van der Waals surface area contributed by atoms with E-state index >= 15 is 0 Å². The van der Waals surface area contributed by atoms with Gasteiger partial charge in [0.05, 0.1) is 22.9 Å². The number of hydrogen-bond donors (Lipinski definition) is 0. The molecule has 0 unspecified atom stereocenters. The molecule has 0 N–H and O–H groups in total. The van der Waals surface area contributed by atoms with Crippen molar-refractivity contribution >= 4 is 39.3 Å². The number of benzene rings is 3. The maximum atomic E-state index is 14.3. The Morgan fingerprint density at radius 2 is 1.62 bits per heavy atom. The van der Waals surface area contributed by atoms with Crippen LogP contribution in [0.3, 0.4) is 0 Å². The zero-order valence-corrected chi connectivity index (χ0v) is 20.6. The molecule has 0 saturated carbocycles. The Labute approximate surface area is 214 Å². The minimum Gasteiger partial charge on any atom is -0.493 e. The summed E-state index contributed by atoms with van der Waals surface area (Å²) >= 11 is 3.34. The Kier molecular flexibility index (Phi) is 7.30. The first-order valence-electron chi connectivity index (χ1n) is 10.4.